The van der Waals surface area contributed by atoms with Crippen LogP contribution in [-0.4, -0.2) is 18.1 Å². The van der Waals surface area contributed by atoms with E-state index in [0.29, 0.717) is 5.69 Å². The van der Waals surface area contributed by atoms with Crippen LogP contribution in [0.5, 0.6) is 0 Å². The molecule has 7 rings (SSSR count). The Hall–Kier alpha value is -3.53. The van der Waals surface area contributed by atoms with E-state index >= 15 is 0 Å². The maximum atomic E-state index is 13.8. The molecular weight excluding hydrogens is 374 g/mol. The Labute approximate surface area is 174 Å². The number of anilines is 1. The molecule has 4 heteroatoms. The summed E-state index contributed by atoms with van der Waals surface area (Å²) in [5, 5.41) is 0. The Bertz CT molecular complexity index is 1200. The molecule has 2 atom stereocenters. The quantitative estimate of drug-likeness (QED) is 0.492. The van der Waals surface area contributed by atoms with Gasteiger partial charge >= 0.3 is 0 Å². The minimum atomic E-state index is -1.14. The lowest BCUT2D eigenvalue weighted by atomic mass is 9.48. The Morgan fingerprint density at radius 3 is 1.93 bits per heavy atom. The van der Waals surface area contributed by atoms with Gasteiger partial charge < -0.3 is 4.79 Å². The SMILES string of the molecule is Cc1ccc(N2C(=O)C3C4c5ccccc5C(C=O)(c5ccccc54)C3C2=O)cc1. The third-order valence-corrected chi connectivity index (χ3v) is 7.16. The Morgan fingerprint density at radius 2 is 1.37 bits per heavy atom. The second-order valence-electron chi connectivity index (χ2n) is 8.49. The highest BCUT2D eigenvalue weighted by atomic mass is 16.2. The number of rotatable bonds is 2. The molecule has 1 fully saturated rings. The van der Waals surface area contributed by atoms with E-state index in [1.165, 1.54) is 4.90 Å². The van der Waals surface area contributed by atoms with Gasteiger partial charge in [0.1, 0.15) is 6.29 Å². The van der Waals surface area contributed by atoms with Crippen molar-refractivity contribution < 1.29 is 14.4 Å². The normalized spacial score (nSPS) is 28.2. The fourth-order valence-corrected chi connectivity index (χ4v) is 5.98. The molecule has 3 aromatic rings. The lowest BCUT2D eigenvalue weighted by Gasteiger charge is -2.51. The Kier molecular flexibility index (Phi) is 3.33. The van der Waals surface area contributed by atoms with Gasteiger partial charge in [0.25, 0.3) is 0 Å². The zero-order valence-corrected chi connectivity index (χ0v) is 16.4. The van der Waals surface area contributed by atoms with Crippen molar-refractivity contribution in [1.29, 1.82) is 0 Å². The van der Waals surface area contributed by atoms with Crippen LogP contribution in [0.1, 0.15) is 33.7 Å². The summed E-state index contributed by atoms with van der Waals surface area (Å²) in [5.74, 6) is -2.02. The van der Waals surface area contributed by atoms with Gasteiger partial charge in [-0.2, -0.15) is 0 Å². The summed E-state index contributed by atoms with van der Waals surface area (Å²) in [6.07, 6.45) is 0.904. The smallest absolute Gasteiger partial charge is 0.239 e. The number of carbonyl (C=O) groups is 3. The van der Waals surface area contributed by atoms with E-state index in [-0.39, 0.29) is 17.7 Å². The van der Waals surface area contributed by atoms with E-state index < -0.39 is 17.3 Å². The van der Waals surface area contributed by atoms with E-state index in [1.54, 1.807) is 12.1 Å². The predicted molar refractivity (Wildman–Crippen MR) is 112 cm³/mol. The first-order valence-electron chi connectivity index (χ1n) is 10.2. The van der Waals surface area contributed by atoms with Gasteiger partial charge in [-0.1, -0.05) is 66.2 Å². The number of imide groups is 1. The van der Waals surface area contributed by atoms with Gasteiger partial charge in [0, 0.05) is 5.92 Å². The summed E-state index contributed by atoms with van der Waals surface area (Å²) in [6.45, 7) is 1.96. The molecule has 3 aromatic carbocycles. The van der Waals surface area contributed by atoms with E-state index in [9.17, 15) is 14.4 Å². The molecule has 3 aliphatic carbocycles. The van der Waals surface area contributed by atoms with Crippen molar-refractivity contribution in [2.45, 2.75) is 18.3 Å². The largest absolute Gasteiger partial charge is 0.302 e. The van der Waals surface area contributed by atoms with Crippen LogP contribution in [0.25, 0.3) is 0 Å². The van der Waals surface area contributed by atoms with Gasteiger partial charge in [-0.3, -0.25) is 9.59 Å². The van der Waals surface area contributed by atoms with Gasteiger partial charge in [-0.05, 0) is 41.3 Å². The van der Waals surface area contributed by atoms with E-state index in [0.717, 1.165) is 34.1 Å². The number of carbonyl (C=O) groups excluding carboxylic acids is 3. The van der Waals surface area contributed by atoms with E-state index in [2.05, 4.69) is 0 Å². The zero-order valence-electron chi connectivity index (χ0n) is 16.4. The van der Waals surface area contributed by atoms with Crippen LogP contribution in [0.15, 0.2) is 72.8 Å². The number of amides is 2. The maximum absolute atomic E-state index is 13.8. The van der Waals surface area contributed by atoms with Crippen molar-refractivity contribution in [2.24, 2.45) is 11.8 Å². The summed E-state index contributed by atoms with van der Waals surface area (Å²) < 4.78 is 0. The van der Waals surface area contributed by atoms with E-state index in [1.807, 2.05) is 67.6 Å². The van der Waals surface area contributed by atoms with Gasteiger partial charge in [0.2, 0.25) is 11.8 Å². The molecule has 146 valence electrons. The first-order chi connectivity index (χ1) is 14.6. The summed E-state index contributed by atoms with van der Waals surface area (Å²) in [5.41, 5.74) is 4.17. The number of aldehydes is 1. The average Bonchev–Trinajstić information content (AvgIpc) is 3.05. The molecule has 1 heterocycles. The predicted octanol–water partition coefficient (Wildman–Crippen LogP) is 3.74. The van der Waals surface area contributed by atoms with Crippen LogP contribution in [-0.2, 0) is 19.8 Å². The molecule has 1 aliphatic heterocycles. The van der Waals surface area contributed by atoms with Crippen molar-refractivity contribution in [1.82, 2.24) is 0 Å². The average molecular weight is 393 g/mol. The second-order valence-corrected chi connectivity index (χ2v) is 8.49. The molecule has 0 N–H and O–H groups in total. The monoisotopic (exact) mass is 393 g/mol. The van der Waals surface area contributed by atoms with Gasteiger partial charge in [0.15, 0.2) is 0 Å². The number of nitrogens with zero attached hydrogens (tertiary/aromatic N) is 1. The molecule has 4 aliphatic rings. The second kappa shape index (κ2) is 5.76. The van der Waals surface area contributed by atoms with Crippen molar-refractivity contribution in [3.63, 3.8) is 0 Å². The molecule has 1 saturated heterocycles. The summed E-state index contributed by atoms with van der Waals surface area (Å²) in [4.78, 5) is 41.6. The van der Waals surface area contributed by atoms with Crippen LogP contribution < -0.4 is 4.90 Å². The third kappa shape index (κ3) is 1.85. The maximum Gasteiger partial charge on any atom is 0.239 e. The van der Waals surface area contributed by atoms with Crippen LogP contribution in [0, 0.1) is 18.8 Å². The topological polar surface area (TPSA) is 54.5 Å². The van der Waals surface area contributed by atoms with Crippen molar-refractivity contribution in [2.75, 3.05) is 4.90 Å². The highest BCUT2D eigenvalue weighted by molar-refractivity contribution is 6.24. The van der Waals surface area contributed by atoms with Crippen LogP contribution in [0.2, 0.25) is 0 Å². The highest BCUT2D eigenvalue weighted by Gasteiger charge is 2.68. The van der Waals surface area contributed by atoms with Gasteiger partial charge in [0.05, 0.1) is 22.9 Å². The molecule has 2 unspecified atom stereocenters. The van der Waals surface area contributed by atoms with Crippen LogP contribution in [0.4, 0.5) is 5.69 Å². The molecule has 30 heavy (non-hydrogen) atoms. The minimum Gasteiger partial charge on any atom is -0.302 e. The fraction of sp³-hybridized carbons (Fsp3) is 0.192. The molecule has 0 radical (unpaired) electrons. The zero-order chi connectivity index (χ0) is 20.6. The van der Waals surface area contributed by atoms with Gasteiger partial charge in [-0.25, -0.2) is 4.90 Å². The molecular formula is C26H19NO3. The lowest BCUT2D eigenvalue weighted by molar-refractivity contribution is -0.128. The first-order valence-corrected chi connectivity index (χ1v) is 10.2. The fourth-order valence-electron chi connectivity index (χ4n) is 5.98. The molecule has 4 nitrogen and oxygen atoms in total. The lowest BCUT2D eigenvalue weighted by Crippen LogP contribution is -2.54. The molecule has 0 aromatic heterocycles. The summed E-state index contributed by atoms with van der Waals surface area (Å²) in [6, 6.07) is 23.0. The van der Waals surface area contributed by atoms with Crippen molar-refractivity contribution in [3.05, 3.63) is 101 Å². The molecule has 0 spiro atoms. The Balaban J connectivity index is 1.64. The molecule has 2 bridgehead atoms. The number of benzene rings is 3. The Morgan fingerprint density at radius 1 is 0.800 bits per heavy atom. The van der Waals surface area contributed by atoms with E-state index in [4.69, 9.17) is 0 Å². The number of aryl methyl sites for hydroxylation is 1. The summed E-state index contributed by atoms with van der Waals surface area (Å²) in [7, 11) is 0. The number of hydrogen-bond acceptors (Lipinski definition) is 3. The minimum absolute atomic E-state index is 0.214. The van der Waals surface area contributed by atoms with Crippen LogP contribution in [0.3, 0.4) is 0 Å². The third-order valence-electron chi connectivity index (χ3n) is 7.16. The molecule has 0 saturated carbocycles. The molecule has 2 amide bonds. The first kappa shape index (κ1) is 17.3. The summed E-state index contributed by atoms with van der Waals surface area (Å²) >= 11 is 0. The van der Waals surface area contributed by atoms with Crippen molar-refractivity contribution in [3.8, 4) is 0 Å². The van der Waals surface area contributed by atoms with Gasteiger partial charge in [-0.15, -0.1) is 0 Å². The number of hydrogen-bond donors (Lipinski definition) is 0. The standard InChI is InChI=1S/C26H19NO3/c1-15-10-12-16(13-11-15)27-24(29)22-21-17-6-2-4-8-19(17)26(14-28,23(22)25(27)30)20-9-5-3-7-18(20)21/h2-14,21-23H,1H3. The highest BCUT2D eigenvalue weighted by Crippen LogP contribution is 2.63. The van der Waals surface area contributed by atoms with Crippen molar-refractivity contribution >= 4 is 23.8 Å². The van der Waals surface area contributed by atoms with Crippen LogP contribution >= 0.6 is 0 Å².